The number of benzene rings is 1. The Kier molecular flexibility index (Phi) is 4.62. The van der Waals surface area contributed by atoms with Gasteiger partial charge in [-0.15, -0.1) is 0 Å². The molecule has 2 rings (SSSR count). The molecule has 114 valence electrons. The third-order valence-electron chi connectivity index (χ3n) is 3.37. The van der Waals surface area contributed by atoms with Gasteiger partial charge in [0.25, 0.3) is 0 Å². The van der Waals surface area contributed by atoms with Gasteiger partial charge in [0.05, 0.1) is 11.6 Å². The normalized spacial score (nSPS) is 15.9. The van der Waals surface area contributed by atoms with E-state index in [1.165, 1.54) is 4.90 Å². The predicted octanol–water partition coefficient (Wildman–Crippen LogP) is 2.95. The molecule has 0 saturated carbocycles. The zero-order valence-corrected chi connectivity index (χ0v) is 11.7. The second-order valence-electron chi connectivity index (χ2n) is 4.78. The van der Waals surface area contributed by atoms with E-state index in [0.717, 1.165) is 12.1 Å². The van der Waals surface area contributed by atoms with E-state index in [1.807, 2.05) is 0 Å². The highest BCUT2D eigenvalue weighted by atomic mass is 35.5. The van der Waals surface area contributed by atoms with Gasteiger partial charge in [-0.1, -0.05) is 11.6 Å². The fraction of sp³-hybridized carbons (Fsp3) is 0.385. The van der Waals surface area contributed by atoms with Crippen molar-refractivity contribution in [1.29, 1.82) is 0 Å². The van der Waals surface area contributed by atoms with E-state index in [9.17, 15) is 18.4 Å². The van der Waals surface area contributed by atoms with Crippen LogP contribution in [-0.2, 0) is 4.79 Å². The number of hydrogen-bond acceptors (Lipinski definition) is 2. The first-order valence-corrected chi connectivity index (χ1v) is 6.69. The minimum absolute atomic E-state index is 0.0335. The number of nitrogens with zero attached hydrogens (tertiary/aromatic N) is 1. The van der Waals surface area contributed by atoms with Crippen molar-refractivity contribution >= 4 is 29.3 Å². The highest BCUT2D eigenvalue weighted by Gasteiger charge is 2.27. The summed E-state index contributed by atoms with van der Waals surface area (Å²) in [5, 5.41) is 11.1. The minimum atomic E-state index is -1.19. The average molecular weight is 319 g/mol. The molecule has 1 aromatic rings. The molecule has 1 aliphatic heterocycles. The Labute approximate surface area is 124 Å². The van der Waals surface area contributed by atoms with Gasteiger partial charge >= 0.3 is 12.0 Å². The Morgan fingerprint density at radius 1 is 1.29 bits per heavy atom. The van der Waals surface area contributed by atoms with Crippen LogP contribution in [0.15, 0.2) is 12.1 Å². The number of carbonyl (C=O) groups is 2. The van der Waals surface area contributed by atoms with Crippen LogP contribution in [0.2, 0.25) is 5.02 Å². The van der Waals surface area contributed by atoms with Crippen LogP contribution in [-0.4, -0.2) is 35.1 Å². The van der Waals surface area contributed by atoms with Gasteiger partial charge in [-0.2, -0.15) is 0 Å². The Morgan fingerprint density at radius 2 is 1.90 bits per heavy atom. The second-order valence-corrected chi connectivity index (χ2v) is 5.22. The van der Waals surface area contributed by atoms with Crippen LogP contribution in [0.3, 0.4) is 0 Å². The SMILES string of the molecule is O=C(O)C1CCN(C(=O)Nc2cc(Cl)cc(F)c2F)CC1. The van der Waals surface area contributed by atoms with E-state index in [0.29, 0.717) is 12.8 Å². The number of piperidine rings is 1. The van der Waals surface area contributed by atoms with E-state index in [4.69, 9.17) is 16.7 Å². The molecule has 2 amide bonds. The van der Waals surface area contributed by atoms with Crippen LogP contribution >= 0.6 is 11.6 Å². The monoisotopic (exact) mass is 318 g/mol. The summed E-state index contributed by atoms with van der Waals surface area (Å²) < 4.78 is 26.7. The summed E-state index contributed by atoms with van der Waals surface area (Å²) in [6, 6.07) is 1.31. The maximum absolute atomic E-state index is 13.5. The van der Waals surface area contributed by atoms with Crippen molar-refractivity contribution in [2.45, 2.75) is 12.8 Å². The molecule has 1 heterocycles. The first-order valence-electron chi connectivity index (χ1n) is 6.31. The summed E-state index contributed by atoms with van der Waals surface area (Å²) in [4.78, 5) is 24.1. The topological polar surface area (TPSA) is 69.6 Å². The lowest BCUT2D eigenvalue weighted by Gasteiger charge is -2.30. The van der Waals surface area contributed by atoms with Crippen LogP contribution in [0, 0.1) is 17.6 Å². The smallest absolute Gasteiger partial charge is 0.321 e. The van der Waals surface area contributed by atoms with E-state index >= 15 is 0 Å². The summed E-state index contributed by atoms with van der Waals surface area (Å²) >= 11 is 5.61. The Bertz CT molecular complexity index is 575. The molecule has 0 atom stereocenters. The fourth-order valence-corrected chi connectivity index (χ4v) is 2.38. The number of anilines is 1. The third kappa shape index (κ3) is 3.60. The summed E-state index contributed by atoms with van der Waals surface area (Å²) in [7, 11) is 0. The van der Waals surface area contributed by atoms with Crippen molar-refractivity contribution in [2.24, 2.45) is 5.92 Å². The first kappa shape index (κ1) is 15.5. The van der Waals surface area contributed by atoms with E-state index < -0.39 is 29.6 Å². The predicted molar refractivity (Wildman–Crippen MR) is 72.3 cm³/mol. The molecule has 21 heavy (non-hydrogen) atoms. The molecule has 0 aliphatic carbocycles. The Hall–Kier alpha value is -1.89. The van der Waals surface area contributed by atoms with Crippen LogP contribution in [0.25, 0.3) is 0 Å². The standard InChI is InChI=1S/C13H13ClF2N2O3/c14-8-5-9(15)11(16)10(6-8)17-13(21)18-3-1-7(2-4-18)12(19)20/h5-7H,1-4H2,(H,17,21)(H,19,20). The van der Waals surface area contributed by atoms with Crippen LogP contribution < -0.4 is 5.32 Å². The van der Waals surface area contributed by atoms with Crippen LogP contribution in [0.4, 0.5) is 19.3 Å². The minimum Gasteiger partial charge on any atom is -0.481 e. The molecule has 0 unspecified atom stereocenters. The molecule has 1 aliphatic rings. The number of urea groups is 1. The number of amides is 2. The maximum atomic E-state index is 13.5. The summed E-state index contributed by atoms with van der Waals surface area (Å²) in [5.74, 6) is -3.71. The van der Waals surface area contributed by atoms with Crippen molar-refractivity contribution < 1.29 is 23.5 Å². The molecular weight excluding hydrogens is 306 g/mol. The molecule has 1 saturated heterocycles. The Morgan fingerprint density at radius 3 is 2.48 bits per heavy atom. The van der Waals surface area contributed by atoms with Gasteiger partial charge in [0.2, 0.25) is 0 Å². The number of rotatable bonds is 2. The Balaban J connectivity index is 2.01. The summed E-state index contributed by atoms with van der Waals surface area (Å²) in [6.07, 6.45) is 0.657. The van der Waals surface area contributed by atoms with E-state index in [-0.39, 0.29) is 23.8 Å². The van der Waals surface area contributed by atoms with Gasteiger partial charge in [0, 0.05) is 18.1 Å². The van der Waals surface area contributed by atoms with Gasteiger partial charge < -0.3 is 15.3 Å². The third-order valence-corrected chi connectivity index (χ3v) is 3.58. The van der Waals surface area contributed by atoms with Crippen molar-refractivity contribution in [2.75, 3.05) is 18.4 Å². The van der Waals surface area contributed by atoms with Gasteiger partial charge in [-0.3, -0.25) is 4.79 Å². The van der Waals surface area contributed by atoms with Crippen LogP contribution in [0.5, 0.6) is 0 Å². The zero-order valence-electron chi connectivity index (χ0n) is 10.9. The van der Waals surface area contributed by atoms with Gasteiger partial charge in [-0.05, 0) is 25.0 Å². The van der Waals surface area contributed by atoms with Crippen LogP contribution in [0.1, 0.15) is 12.8 Å². The van der Waals surface area contributed by atoms with Crippen molar-refractivity contribution in [3.8, 4) is 0 Å². The molecule has 0 aromatic heterocycles. The van der Waals surface area contributed by atoms with E-state index in [1.54, 1.807) is 0 Å². The number of hydrogen-bond donors (Lipinski definition) is 2. The molecule has 1 aromatic carbocycles. The quantitative estimate of drug-likeness (QED) is 0.824. The molecule has 1 fully saturated rings. The lowest BCUT2D eigenvalue weighted by molar-refractivity contribution is -0.143. The molecule has 0 bridgehead atoms. The number of halogens is 3. The maximum Gasteiger partial charge on any atom is 0.321 e. The number of aliphatic carboxylic acids is 1. The number of likely N-dealkylation sites (tertiary alicyclic amines) is 1. The lowest BCUT2D eigenvalue weighted by atomic mass is 9.97. The molecular formula is C13H13ClF2N2O3. The average Bonchev–Trinajstić information content (AvgIpc) is 2.44. The molecule has 5 nitrogen and oxygen atoms in total. The lowest BCUT2D eigenvalue weighted by Crippen LogP contribution is -2.42. The van der Waals surface area contributed by atoms with E-state index in [2.05, 4.69) is 5.32 Å². The zero-order chi connectivity index (χ0) is 15.6. The summed E-state index contributed by atoms with van der Waals surface area (Å²) in [6.45, 7) is 0.487. The number of carboxylic acid groups (broad SMARTS) is 1. The van der Waals surface area contributed by atoms with Crippen molar-refractivity contribution in [3.63, 3.8) is 0 Å². The van der Waals surface area contributed by atoms with Crippen molar-refractivity contribution in [1.82, 2.24) is 4.90 Å². The summed E-state index contributed by atoms with van der Waals surface area (Å²) in [5.41, 5.74) is -0.342. The number of carboxylic acids is 1. The first-order chi connectivity index (χ1) is 9.88. The van der Waals surface area contributed by atoms with Gasteiger partial charge in [-0.25, -0.2) is 13.6 Å². The largest absolute Gasteiger partial charge is 0.481 e. The number of nitrogens with one attached hydrogen (secondary N) is 1. The molecule has 0 radical (unpaired) electrons. The highest BCUT2D eigenvalue weighted by Crippen LogP contribution is 2.24. The number of carbonyl (C=O) groups excluding carboxylic acids is 1. The van der Waals surface area contributed by atoms with Gasteiger partial charge in [0.1, 0.15) is 0 Å². The van der Waals surface area contributed by atoms with Gasteiger partial charge in [0.15, 0.2) is 11.6 Å². The molecule has 0 spiro atoms. The molecule has 8 heteroatoms. The highest BCUT2D eigenvalue weighted by molar-refractivity contribution is 6.30. The fourth-order valence-electron chi connectivity index (χ4n) is 2.17. The van der Waals surface area contributed by atoms with Crippen molar-refractivity contribution in [3.05, 3.63) is 28.8 Å². The molecule has 2 N–H and O–H groups in total. The second kappa shape index (κ2) is 6.26.